The molecular weight excluding hydrogens is 193 g/mol. The van der Waals surface area contributed by atoms with E-state index in [-0.39, 0.29) is 0 Å². The highest BCUT2D eigenvalue weighted by Gasteiger charge is 2.34. The average molecular weight is 209 g/mol. The number of rotatable bonds is 2. The maximum absolute atomic E-state index is 13.9. The molecule has 13 heavy (non-hydrogen) atoms. The van der Waals surface area contributed by atoms with Gasteiger partial charge in [-0.15, -0.1) is 0 Å². The summed E-state index contributed by atoms with van der Waals surface area (Å²) in [6.45, 7) is 0. The molecule has 78 valence electrons. The highest BCUT2D eigenvalue weighted by atomic mass is 32.2. The quantitative estimate of drug-likeness (QED) is 0.697. The molecule has 1 aliphatic rings. The van der Waals surface area contributed by atoms with Gasteiger partial charge in [-0.25, -0.2) is 17.9 Å². The number of hydrogen-bond acceptors (Lipinski definition) is 2. The summed E-state index contributed by atoms with van der Waals surface area (Å²) in [7, 11) is -3.67. The first-order valence-electron chi connectivity index (χ1n) is 4.61. The van der Waals surface area contributed by atoms with Gasteiger partial charge >= 0.3 is 0 Å². The highest BCUT2D eigenvalue weighted by molar-refractivity contribution is 7.89. The van der Waals surface area contributed by atoms with Crippen LogP contribution >= 0.6 is 0 Å². The van der Waals surface area contributed by atoms with Crippen LogP contribution in [0, 0.1) is 0 Å². The number of sulfonamides is 1. The largest absolute Gasteiger partial charge is 0.243 e. The van der Waals surface area contributed by atoms with Crippen molar-refractivity contribution in [2.75, 3.05) is 5.75 Å². The van der Waals surface area contributed by atoms with E-state index in [0.29, 0.717) is 12.8 Å². The molecule has 1 rings (SSSR count). The molecule has 0 atom stereocenters. The Morgan fingerprint density at radius 3 is 2.00 bits per heavy atom. The predicted octanol–water partition coefficient (Wildman–Crippen LogP) is 1.34. The molecule has 0 spiro atoms. The Labute approximate surface area is 78.6 Å². The molecule has 5 heteroatoms. The van der Waals surface area contributed by atoms with Crippen LogP contribution in [0.4, 0.5) is 4.39 Å². The summed E-state index contributed by atoms with van der Waals surface area (Å²) in [5.41, 5.74) is -1.57. The highest BCUT2D eigenvalue weighted by Crippen LogP contribution is 2.31. The Hall–Kier alpha value is -0.160. The first-order valence-corrected chi connectivity index (χ1v) is 6.32. The van der Waals surface area contributed by atoms with E-state index in [1.165, 1.54) is 0 Å². The monoisotopic (exact) mass is 209 g/mol. The van der Waals surface area contributed by atoms with Crippen LogP contribution in [0.1, 0.15) is 38.5 Å². The Balaban J connectivity index is 2.62. The van der Waals surface area contributed by atoms with Crippen molar-refractivity contribution in [2.24, 2.45) is 5.14 Å². The molecule has 0 aliphatic heterocycles. The number of hydrogen-bond donors (Lipinski definition) is 1. The molecule has 0 bridgehead atoms. The van der Waals surface area contributed by atoms with Crippen LogP contribution in [0.2, 0.25) is 0 Å². The molecule has 0 aromatic rings. The minimum atomic E-state index is -3.67. The van der Waals surface area contributed by atoms with Gasteiger partial charge in [0, 0.05) is 0 Å². The van der Waals surface area contributed by atoms with Crippen LogP contribution in [0.15, 0.2) is 0 Å². The molecule has 0 aromatic heterocycles. The van der Waals surface area contributed by atoms with Gasteiger partial charge < -0.3 is 0 Å². The van der Waals surface area contributed by atoms with Gasteiger partial charge in [-0.05, 0) is 12.8 Å². The van der Waals surface area contributed by atoms with E-state index in [2.05, 4.69) is 0 Å². The Morgan fingerprint density at radius 2 is 1.62 bits per heavy atom. The molecule has 0 unspecified atom stereocenters. The van der Waals surface area contributed by atoms with Gasteiger partial charge in [-0.3, -0.25) is 0 Å². The SMILES string of the molecule is NS(=O)(=O)CC1(F)CCCCCC1. The van der Waals surface area contributed by atoms with Gasteiger partial charge in [0.1, 0.15) is 5.67 Å². The zero-order valence-electron chi connectivity index (χ0n) is 7.63. The molecule has 2 N–H and O–H groups in total. The summed E-state index contributed by atoms with van der Waals surface area (Å²) in [6.07, 6.45) is 4.21. The third-order valence-electron chi connectivity index (χ3n) is 2.46. The maximum Gasteiger partial charge on any atom is 0.212 e. The molecule has 0 amide bonds. The summed E-state index contributed by atoms with van der Waals surface area (Å²) in [6, 6.07) is 0. The van der Waals surface area contributed by atoms with Crippen LogP contribution in [-0.2, 0) is 10.0 Å². The first kappa shape index (κ1) is 10.9. The van der Waals surface area contributed by atoms with Gasteiger partial charge in [-0.1, -0.05) is 25.7 Å². The fourth-order valence-corrected chi connectivity index (χ4v) is 2.88. The lowest BCUT2D eigenvalue weighted by Crippen LogP contribution is -2.35. The second kappa shape index (κ2) is 3.92. The van der Waals surface area contributed by atoms with Crippen molar-refractivity contribution >= 4 is 10.0 Å². The fourth-order valence-electron chi connectivity index (χ4n) is 1.87. The molecule has 0 heterocycles. The summed E-state index contributed by atoms with van der Waals surface area (Å²) in [5, 5.41) is 4.83. The van der Waals surface area contributed by atoms with E-state index < -0.39 is 21.4 Å². The van der Waals surface area contributed by atoms with Crippen LogP contribution in [0.3, 0.4) is 0 Å². The molecule has 1 saturated carbocycles. The third kappa shape index (κ3) is 4.04. The van der Waals surface area contributed by atoms with Gasteiger partial charge in [0.25, 0.3) is 0 Å². The lowest BCUT2D eigenvalue weighted by molar-refractivity contribution is 0.168. The Bertz CT molecular complexity index is 255. The smallest absolute Gasteiger partial charge is 0.212 e. The molecule has 0 aromatic carbocycles. The second-order valence-electron chi connectivity index (χ2n) is 3.87. The minimum absolute atomic E-state index is 0.337. The molecule has 3 nitrogen and oxygen atoms in total. The van der Waals surface area contributed by atoms with E-state index in [1.54, 1.807) is 0 Å². The second-order valence-corrected chi connectivity index (χ2v) is 5.49. The first-order chi connectivity index (χ1) is 5.91. The van der Waals surface area contributed by atoms with Crippen molar-refractivity contribution in [3.05, 3.63) is 0 Å². The average Bonchev–Trinajstić information content (AvgIpc) is 2.09. The number of halogens is 1. The number of primary sulfonamides is 1. The predicted molar refractivity (Wildman–Crippen MR) is 49.5 cm³/mol. The van der Waals surface area contributed by atoms with Crippen molar-refractivity contribution in [3.8, 4) is 0 Å². The maximum atomic E-state index is 13.9. The molecule has 0 radical (unpaired) electrons. The lowest BCUT2D eigenvalue weighted by atomic mass is 9.99. The summed E-state index contributed by atoms with van der Waals surface area (Å²) in [4.78, 5) is 0. The molecule has 0 saturated heterocycles. The standard InChI is InChI=1S/C8H16FNO2S/c9-8(7-13(10,11)12)5-3-1-2-4-6-8/h1-7H2,(H2,10,11,12). The van der Waals surface area contributed by atoms with E-state index >= 15 is 0 Å². The van der Waals surface area contributed by atoms with Crippen molar-refractivity contribution in [2.45, 2.75) is 44.2 Å². The van der Waals surface area contributed by atoms with E-state index in [9.17, 15) is 12.8 Å². The van der Waals surface area contributed by atoms with E-state index in [1.807, 2.05) is 0 Å². The van der Waals surface area contributed by atoms with Crippen LogP contribution < -0.4 is 5.14 Å². The van der Waals surface area contributed by atoms with Crippen molar-refractivity contribution in [3.63, 3.8) is 0 Å². The third-order valence-corrected chi connectivity index (χ3v) is 3.38. The van der Waals surface area contributed by atoms with Crippen molar-refractivity contribution < 1.29 is 12.8 Å². The van der Waals surface area contributed by atoms with Crippen LogP contribution in [0.5, 0.6) is 0 Å². The molecular formula is C8H16FNO2S. The van der Waals surface area contributed by atoms with Crippen molar-refractivity contribution in [1.29, 1.82) is 0 Å². The summed E-state index contributed by atoms with van der Waals surface area (Å²) in [5.74, 6) is -0.514. The summed E-state index contributed by atoms with van der Waals surface area (Å²) < 4.78 is 35.4. The molecule has 1 fully saturated rings. The van der Waals surface area contributed by atoms with Crippen LogP contribution in [0.25, 0.3) is 0 Å². The van der Waals surface area contributed by atoms with Crippen molar-refractivity contribution in [1.82, 2.24) is 0 Å². The Morgan fingerprint density at radius 1 is 1.15 bits per heavy atom. The fraction of sp³-hybridized carbons (Fsp3) is 1.00. The summed E-state index contributed by atoms with van der Waals surface area (Å²) >= 11 is 0. The van der Waals surface area contributed by atoms with Gasteiger partial charge in [0.2, 0.25) is 10.0 Å². The lowest BCUT2D eigenvalue weighted by Gasteiger charge is -2.21. The van der Waals surface area contributed by atoms with Gasteiger partial charge in [0.05, 0.1) is 5.75 Å². The van der Waals surface area contributed by atoms with Crippen LogP contribution in [-0.4, -0.2) is 19.8 Å². The van der Waals surface area contributed by atoms with E-state index in [4.69, 9.17) is 5.14 Å². The van der Waals surface area contributed by atoms with Gasteiger partial charge in [-0.2, -0.15) is 0 Å². The number of nitrogens with two attached hydrogens (primary N) is 1. The zero-order chi connectivity index (χ0) is 9.95. The normalized spacial score (nSPS) is 23.8. The number of alkyl halides is 1. The molecule has 1 aliphatic carbocycles. The zero-order valence-corrected chi connectivity index (χ0v) is 8.45. The Kier molecular flexibility index (Phi) is 3.29. The van der Waals surface area contributed by atoms with E-state index in [0.717, 1.165) is 25.7 Å². The minimum Gasteiger partial charge on any atom is -0.243 e. The topological polar surface area (TPSA) is 60.2 Å². The van der Waals surface area contributed by atoms with Gasteiger partial charge in [0.15, 0.2) is 0 Å².